The van der Waals surface area contributed by atoms with Gasteiger partial charge in [0.1, 0.15) is 0 Å². The molecule has 0 aromatic carbocycles. The molecule has 4 nitrogen and oxygen atoms in total. The van der Waals surface area contributed by atoms with Crippen LogP contribution >= 0.6 is 0 Å². The third kappa shape index (κ3) is 3.76. The van der Waals surface area contributed by atoms with E-state index in [1.807, 2.05) is 4.90 Å². The Kier molecular flexibility index (Phi) is 5.77. The second kappa shape index (κ2) is 6.86. The fourth-order valence-corrected chi connectivity index (χ4v) is 2.05. The SMILES string of the molecule is CCCN(CCC)C(=O)C1CNC(C)CN1. The number of hydrogen-bond donors (Lipinski definition) is 2. The minimum atomic E-state index is -0.0331. The Labute approximate surface area is 98.8 Å². The predicted octanol–water partition coefficient (Wildman–Crippen LogP) is 0.585. The average Bonchev–Trinajstić information content (AvgIpc) is 2.29. The molecule has 0 aromatic rings. The quantitative estimate of drug-likeness (QED) is 0.722. The monoisotopic (exact) mass is 227 g/mol. The van der Waals surface area contributed by atoms with Gasteiger partial charge in [-0.05, 0) is 19.8 Å². The van der Waals surface area contributed by atoms with Crippen molar-refractivity contribution in [1.29, 1.82) is 0 Å². The zero-order valence-electron chi connectivity index (χ0n) is 10.8. The molecule has 1 heterocycles. The number of piperazine rings is 1. The Morgan fingerprint density at radius 1 is 1.19 bits per heavy atom. The standard InChI is InChI=1S/C12H25N3O/c1-4-6-15(7-5-2)12(16)11-9-13-10(3)8-14-11/h10-11,13-14H,4-9H2,1-3H3. The third-order valence-corrected chi connectivity index (χ3v) is 2.94. The number of nitrogens with one attached hydrogen (secondary N) is 2. The topological polar surface area (TPSA) is 44.4 Å². The maximum atomic E-state index is 12.2. The van der Waals surface area contributed by atoms with E-state index in [9.17, 15) is 4.79 Å². The number of nitrogens with zero attached hydrogens (tertiary/aromatic N) is 1. The first-order valence-corrected chi connectivity index (χ1v) is 6.44. The van der Waals surface area contributed by atoms with Crippen LogP contribution in [-0.2, 0) is 4.79 Å². The number of hydrogen-bond acceptors (Lipinski definition) is 3. The minimum absolute atomic E-state index is 0.0331. The molecule has 0 bridgehead atoms. The van der Waals surface area contributed by atoms with E-state index in [4.69, 9.17) is 0 Å². The van der Waals surface area contributed by atoms with Crippen molar-refractivity contribution >= 4 is 5.91 Å². The van der Waals surface area contributed by atoms with Gasteiger partial charge in [0.25, 0.3) is 0 Å². The van der Waals surface area contributed by atoms with E-state index in [1.54, 1.807) is 0 Å². The largest absolute Gasteiger partial charge is 0.341 e. The highest BCUT2D eigenvalue weighted by molar-refractivity contribution is 5.82. The van der Waals surface area contributed by atoms with E-state index in [0.717, 1.165) is 39.0 Å². The van der Waals surface area contributed by atoms with E-state index >= 15 is 0 Å². The maximum absolute atomic E-state index is 12.2. The number of amides is 1. The molecule has 0 radical (unpaired) electrons. The Balaban J connectivity index is 2.46. The van der Waals surface area contributed by atoms with Crippen LogP contribution < -0.4 is 10.6 Å². The summed E-state index contributed by atoms with van der Waals surface area (Å²) in [6, 6.07) is 0.434. The molecular weight excluding hydrogens is 202 g/mol. The molecule has 0 saturated carbocycles. The second-order valence-electron chi connectivity index (χ2n) is 4.60. The molecule has 1 fully saturated rings. The molecule has 1 aliphatic heterocycles. The van der Waals surface area contributed by atoms with Crippen molar-refractivity contribution in [2.24, 2.45) is 0 Å². The lowest BCUT2D eigenvalue weighted by Crippen LogP contribution is -2.59. The Morgan fingerprint density at radius 2 is 1.81 bits per heavy atom. The smallest absolute Gasteiger partial charge is 0.241 e. The van der Waals surface area contributed by atoms with Crippen molar-refractivity contribution < 1.29 is 4.79 Å². The van der Waals surface area contributed by atoms with Crippen molar-refractivity contribution in [3.8, 4) is 0 Å². The summed E-state index contributed by atoms with van der Waals surface area (Å²) in [5, 5.41) is 6.65. The zero-order valence-corrected chi connectivity index (χ0v) is 10.8. The Morgan fingerprint density at radius 3 is 2.25 bits per heavy atom. The normalized spacial score (nSPS) is 25.4. The van der Waals surface area contributed by atoms with Crippen LogP contribution in [0.1, 0.15) is 33.6 Å². The summed E-state index contributed by atoms with van der Waals surface area (Å²) < 4.78 is 0. The molecule has 0 spiro atoms. The fourth-order valence-electron chi connectivity index (χ4n) is 2.05. The van der Waals surface area contributed by atoms with Crippen LogP contribution in [0.15, 0.2) is 0 Å². The van der Waals surface area contributed by atoms with Crippen molar-refractivity contribution in [3.05, 3.63) is 0 Å². The lowest BCUT2D eigenvalue weighted by molar-refractivity contribution is -0.133. The van der Waals surface area contributed by atoms with Crippen LogP contribution in [0.2, 0.25) is 0 Å². The van der Waals surface area contributed by atoms with Gasteiger partial charge in [-0.15, -0.1) is 0 Å². The molecule has 1 saturated heterocycles. The predicted molar refractivity (Wildman–Crippen MR) is 66.4 cm³/mol. The molecule has 0 aliphatic carbocycles. The summed E-state index contributed by atoms with van der Waals surface area (Å²) in [6.07, 6.45) is 2.06. The third-order valence-electron chi connectivity index (χ3n) is 2.94. The van der Waals surface area contributed by atoms with E-state index in [1.165, 1.54) is 0 Å². The first-order chi connectivity index (χ1) is 7.69. The van der Waals surface area contributed by atoms with Crippen molar-refractivity contribution in [2.45, 2.75) is 45.7 Å². The minimum Gasteiger partial charge on any atom is -0.341 e. The van der Waals surface area contributed by atoms with Crippen molar-refractivity contribution in [1.82, 2.24) is 15.5 Å². The lowest BCUT2D eigenvalue weighted by atomic mass is 10.1. The zero-order chi connectivity index (χ0) is 12.0. The van der Waals surface area contributed by atoms with Gasteiger partial charge < -0.3 is 15.5 Å². The molecule has 2 N–H and O–H groups in total. The Hall–Kier alpha value is -0.610. The van der Waals surface area contributed by atoms with E-state index in [0.29, 0.717) is 6.04 Å². The van der Waals surface area contributed by atoms with Gasteiger partial charge in [-0.3, -0.25) is 4.79 Å². The molecule has 2 unspecified atom stereocenters. The summed E-state index contributed by atoms with van der Waals surface area (Å²) in [5.74, 6) is 0.253. The molecule has 4 heteroatoms. The van der Waals surface area contributed by atoms with Gasteiger partial charge in [0.15, 0.2) is 0 Å². The summed E-state index contributed by atoms with van der Waals surface area (Å²) in [6.45, 7) is 9.74. The van der Waals surface area contributed by atoms with E-state index < -0.39 is 0 Å². The average molecular weight is 227 g/mol. The van der Waals surface area contributed by atoms with Crippen LogP contribution in [0.3, 0.4) is 0 Å². The van der Waals surface area contributed by atoms with Crippen LogP contribution in [0.5, 0.6) is 0 Å². The summed E-state index contributed by atoms with van der Waals surface area (Å²) in [7, 11) is 0. The van der Waals surface area contributed by atoms with E-state index in [-0.39, 0.29) is 11.9 Å². The van der Waals surface area contributed by atoms with Crippen molar-refractivity contribution in [3.63, 3.8) is 0 Å². The van der Waals surface area contributed by atoms with Crippen LogP contribution in [0.25, 0.3) is 0 Å². The molecule has 1 rings (SSSR count). The van der Waals surface area contributed by atoms with Gasteiger partial charge in [0, 0.05) is 32.2 Å². The first-order valence-electron chi connectivity index (χ1n) is 6.44. The first kappa shape index (κ1) is 13.5. The highest BCUT2D eigenvalue weighted by atomic mass is 16.2. The molecule has 94 valence electrons. The molecular formula is C12H25N3O. The highest BCUT2D eigenvalue weighted by Crippen LogP contribution is 2.02. The summed E-state index contributed by atoms with van der Waals surface area (Å²) in [5.41, 5.74) is 0. The number of carbonyl (C=O) groups is 1. The Bertz CT molecular complexity index is 206. The summed E-state index contributed by atoms with van der Waals surface area (Å²) in [4.78, 5) is 14.2. The number of carbonyl (C=O) groups excluding carboxylic acids is 1. The molecule has 1 aliphatic rings. The van der Waals surface area contributed by atoms with Crippen LogP contribution in [-0.4, -0.2) is 49.1 Å². The second-order valence-corrected chi connectivity index (χ2v) is 4.60. The molecule has 1 amide bonds. The van der Waals surface area contributed by atoms with E-state index in [2.05, 4.69) is 31.4 Å². The van der Waals surface area contributed by atoms with Gasteiger partial charge in [-0.25, -0.2) is 0 Å². The highest BCUT2D eigenvalue weighted by Gasteiger charge is 2.26. The fraction of sp³-hybridized carbons (Fsp3) is 0.917. The lowest BCUT2D eigenvalue weighted by Gasteiger charge is -2.32. The van der Waals surface area contributed by atoms with Gasteiger partial charge in [-0.2, -0.15) is 0 Å². The molecule has 0 aromatic heterocycles. The molecule has 16 heavy (non-hydrogen) atoms. The maximum Gasteiger partial charge on any atom is 0.241 e. The summed E-state index contributed by atoms with van der Waals surface area (Å²) >= 11 is 0. The van der Waals surface area contributed by atoms with Gasteiger partial charge in [0.05, 0.1) is 6.04 Å². The van der Waals surface area contributed by atoms with Crippen LogP contribution in [0.4, 0.5) is 0 Å². The number of rotatable bonds is 5. The van der Waals surface area contributed by atoms with Crippen molar-refractivity contribution in [2.75, 3.05) is 26.2 Å². The molecule has 2 atom stereocenters. The van der Waals surface area contributed by atoms with Crippen LogP contribution in [0, 0.1) is 0 Å². The van der Waals surface area contributed by atoms with Gasteiger partial charge in [-0.1, -0.05) is 13.8 Å². The van der Waals surface area contributed by atoms with Gasteiger partial charge in [0.2, 0.25) is 5.91 Å². The van der Waals surface area contributed by atoms with Gasteiger partial charge >= 0.3 is 0 Å².